The molecule has 1 heterocycles. The lowest BCUT2D eigenvalue weighted by atomic mass is 10.1. The van der Waals surface area contributed by atoms with Crippen molar-refractivity contribution in [2.75, 3.05) is 5.32 Å². The number of hydrogen-bond acceptors (Lipinski definition) is 2. The summed E-state index contributed by atoms with van der Waals surface area (Å²) in [4.78, 5) is 15.2. The van der Waals surface area contributed by atoms with Gasteiger partial charge < -0.3 is 5.32 Å². The van der Waals surface area contributed by atoms with E-state index in [1.54, 1.807) is 0 Å². The number of rotatable bonds is 4. The topological polar surface area (TPSA) is 42.0 Å². The fourth-order valence-corrected chi connectivity index (χ4v) is 1.80. The van der Waals surface area contributed by atoms with Crippen LogP contribution in [0.2, 0.25) is 0 Å². The standard InChI is InChI=1S/C15H15FN2O/c1-11-3-2-4-12(9-11)5-8-15(19)18-13-6-7-14(16)17-10-13/h2-4,6-7,9-10H,5,8H2,1H3,(H,18,19). The van der Waals surface area contributed by atoms with Gasteiger partial charge in [0.25, 0.3) is 0 Å². The Labute approximate surface area is 111 Å². The Morgan fingerprint density at radius 2 is 2.16 bits per heavy atom. The Balaban J connectivity index is 1.86. The molecule has 0 unspecified atom stereocenters. The van der Waals surface area contributed by atoms with Crippen LogP contribution in [-0.4, -0.2) is 10.9 Å². The molecule has 98 valence electrons. The van der Waals surface area contributed by atoms with Crippen LogP contribution < -0.4 is 5.32 Å². The lowest BCUT2D eigenvalue weighted by Gasteiger charge is -2.05. The molecular weight excluding hydrogens is 243 g/mol. The van der Waals surface area contributed by atoms with E-state index in [-0.39, 0.29) is 5.91 Å². The van der Waals surface area contributed by atoms with Gasteiger partial charge >= 0.3 is 0 Å². The van der Waals surface area contributed by atoms with Gasteiger partial charge in [-0.2, -0.15) is 4.39 Å². The lowest BCUT2D eigenvalue weighted by molar-refractivity contribution is -0.116. The third kappa shape index (κ3) is 4.17. The third-order valence-corrected chi connectivity index (χ3v) is 2.73. The van der Waals surface area contributed by atoms with Gasteiger partial charge in [0.2, 0.25) is 11.9 Å². The van der Waals surface area contributed by atoms with Gasteiger partial charge in [-0.1, -0.05) is 29.8 Å². The van der Waals surface area contributed by atoms with Gasteiger partial charge in [-0.3, -0.25) is 4.79 Å². The van der Waals surface area contributed by atoms with E-state index in [0.717, 1.165) is 5.56 Å². The Bertz CT molecular complexity index is 567. The number of amides is 1. The number of aryl methyl sites for hydroxylation is 2. The number of aromatic nitrogens is 1. The monoisotopic (exact) mass is 258 g/mol. The lowest BCUT2D eigenvalue weighted by Crippen LogP contribution is -2.12. The molecule has 19 heavy (non-hydrogen) atoms. The van der Waals surface area contributed by atoms with E-state index in [9.17, 15) is 9.18 Å². The van der Waals surface area contributed by atoms with Crippen molar-refractivity contribution >= 4 is 11.6 Å². The van der Waals surface area contributed by atoms with E-state index in [4.69, 9.17) is 0 Å². The van der Waals surface area contributed by atoms with Crippen LogP contribution in [0, 0.1) is 12.9 Å². The summed E-state index contributed by atoms with van der Waals surface area (Å²) in [6, 6.07) is 10.8. The fourth-order valence-electron chi connectivity index (χ4n) is 1.80. The van der Waals surface area contributed by atoms with Crippen LogP contribution in [0.3, 0.4) is 0 Å². The predicted octanol–water partition coefficient (Wildman–Crippen LogP) is 3.10. The maximum atomic E-state index is 12.6. The summed E-state index contributed by atoms with van der Waals surface area (Å²) in [6.07, 6.45) is 2.38. The first-order valence-corrected chi connectivity index (χ1v) is 6.10. The Hall–Kier alpha value is -2.23. The van der Waals surface area contributed by atoms with Gasteiger partial charge in [0, 0.05) is 6.42 Å². The normalized spacial score (nSPS) is 10.2. The highest BCUT2D eigenvalue weighted by atomic mass is 19.1. The number of benzene rings is 1. The van der Waals surface area contributed by atoms with Gasteiger partial charge in [-0.15, -0.1) is 0 Å². The maximum Gasteiger partial charge on any atom is 0.224 e. The Morgan fingerprint density at radius 1 is 1.32 bits per heavy atom. The van der Waals surface area contributed by atoms with Gasteiger partial charge in [0.05, 0.1) is 11.9 Å². The zero-order valence-corrected chi connectivity index (χ0v) is 10.7. The van der Waals surface area contributed by atoms with Crippen LogP contribution in [0.25, 0.3) is 0 Å². The summed E-state index contributed by atoms with van der Waals surface area (Å²) in [5.41, 5.74) is 2.82. The maximum absolute atomic E-state index is 12.6. The first-order valence-electron chi connectivity index (χ1n) is 6.10. The molecule has 0 saturated heterocycles. The van der Waals surface area contributed by atoms with Gasteiger partial charge in [0.1, 0.15) is 0 Å². The molecule has 1 aromatic heterocycles. The van der Waals surface area contributed by atoms with Crippen molar-refractivity contribution in [1.29, 1.82) is 0 Å². The highest BCUT2D eigenvalue weighted by Crippen LogP contribution is 2.09. The molecule has 0 aliphatic carbocycles. The molecule has 4 heteroatoms. The van der Waals surface area contributed by atoms with Crippen LogP contribution in [0.5, 0.6) is 0 Å². The smallest absolute Gasteiger partial charge is 0.224 e. The minimum atomic E-state index is -0.558. The number of pyridine rings is 1. The highest BCUT2D eigenvalue weighted by Gasteiger charge is 2.04. The van der Waals surface area contributed by atoms with E-state index in [0.29, 0.717) is 18.5 Å². The number of nitrogens with one attached hydrogen (secondary N) is 1. The SMILES string of the molecule is Cc1cccc(CCC(=O)Nc2ccc(F)nc2)c1. The highest BCUT2D eigenvalue weighted by molar-refractivity contribution is 5.90. The third-order valence-electron chi connectivity index (χ3n) is 2.73. The van der Waals surface area contributed by atoms with E-state index in [1.807, 2.05) is 25.1 Å². The number of anilines is 1. The molecule has 0 atom stereocenters. The molecule has 1 amide bonds. The second-order valence-corrected chi connectivity index (χ2v) is 4.41. The number of hydrogen-bond donors (Lipinski definition) is 1. The van der Waals surface area contributed by atoms with Crippen LogP contribution in [0.15, 0.2) is 42.6 Å². The summed E-state index contributed by atoms with van der Waals surface area (Å²) >= 11 is 0. The van der Waals surface area contributed by atoms with Gasteiger partial charge in [-0.05, 0) is 31.0 Å². The summed E-state index contributed by atoms with van der Waals surface area (Å²) in [5.74, 6) is -0.660. The van der Waals surface area contributed by atoms with E-state index in [1.165, 1.54) is 23.9 Å². The zero-order chi connectivity index (χ0) is 13.7. The largest absolute Gasteiger partial charge is 0.325 e. The summed E-state index contributed by atoms with van der Waals surface area (Å²) in [5, 5.41) is 2.69. The molecule has 0 fully saturated rings. The molecule has 0 spiro atoms. The Kier molecular flexibility index (Phi) is 4.23. The zero-order valence-electron chi connectivity index (χ0n) is 10.7. The van der Waals surface area contributed by atoms with E-state index >= 15 is 0 Å². The van der Waals surface area contributed by atoms with Crippen LogP contribution in [0.1, 0.15) is 17.5 Å². The molecular formula is C15H15FN2O. The number of halogens is 1. The molecule has 0 aliphatic heterocycles. The second kappa shape index (κ2) is 6.09. The Morgan fingerprint density at radius 3 is 2.84 bits per heavy atom. The molecule has 0 aliphatic rings. The molecule has 3 nitrogen and oxygen atoms in total. The average molecular weight is 258 g/mol. The summed E-state index contributed by atoms with van der Waals surface area (Å²) < 4.78 is 12.6. The molecule has 2 aromatic rings. The predicted molar refractivity (Wildman–Crippen MR) is 72.3 cm³/mol. The number of carbonyl (C=O) groups excluding carboxylic acids is 1. The molecule has 0 saturated carbocycles. The van der Waals surface area contributed by atoms with Crippen molar-refractivity contribution in [3.8, 4) is 0 Å². The summed E-state index contributed by atoms with van der Waals surface area (Å²) in [7, 11) is 0. The number of carbonyl (C=O) groups is 1. The van der Waals surface area contributed by atoms with Crippen LogP contribution in [-0.2, 0) is 11.2 Å². The second-order valence-electron chi connectivity index (χ2n) is 4.41. The van der Waals surface area contributed by atoms with Crippen LogP contribution >= 0.6 is 0 Å². The van der Waals surface area contributed by atoms with Crippen molar-refractivity contribution in [2.24, 2.45) is 0 Å². The fraction of sp³-hybridized carbons (Fsp3) is 0.200. The number of nitrogens with zero attached hydrogens (tertiary/aromatic N) is 1. The van der Waals surface area contributed by atoms with Gasteiger partial charge in [-0.25, -0.2) is 4.98 Å². The van der Waals surface area contributed by atoms with E-state index < -0.39 is 5.95 Å². The summed E-state index contributed by atoms with van der Waals surface area (Å²) in [6.45, 7) is 2.02. The van der Waals surface area contributed by atoms with Crippen LogP contribution in [0.4, 0.5) is 10.1 Å². The quantitative estimate of drug-likeness (QED) is 0.856. The average Bonchev–Trinajstić information content (AvgIpc) is 2.39. The van der Waals surface area contributed by atoms with Crippen molar-refractivity contribution in [1.82, 2.24) is 4.98 Å². The minimum absolute atomic E-state index is 0.102. The molecule has 0 radical (unpaired) electrons. The minimum Gasteiger partial charge on any atom is -0.325 e. The molecule has 1 aromatic carbocycles. The van der Waals surface area contributed by atoms with E-state index in [2.05, 4.69) is 16.4 Å². The van der Waals surface area contributed by atoms with Crippen molar-refractivity contribution < 1.29 is 9.18 Å². The van der Waals surface area contributed by atoms with Crippen molar-refractivity contribution in [2.45, 2.75) is 19.8 Å². The first-order chi connectivity index (χ1) is 9.13. The van der Waals surface area contributed by atoms with Crippen molar-refractivity contribution in [3.05, 3.63) is 59.7 Å². The van der Waals surface area contributed by atoms with Gasteiger partial charge in [0.15, 0.2) is 0 Å². The molecule has 1 N–H and O–H groups in total. The van der Waals surface area contributed by atoms with Crippen molar-refractivity contribution in [3.63, 3.8) is 0 Å². The molecule has 0 bridgehead atoms. The molecule has 2 rings (SSSR count). The first kappa shape index (κ1) is 13.2.